The molecule has 0 spiro atoms. The van der Waals surface area contributed by atoms with E-state index in [1.54, 1.807) is 0 Å². The number of benzene rings is 1. The Labute approximate surface area is 110 Å². The van der Waals surface area contributed by atoms with Gasteiger partial charge in [-0.25, -0.2) is 4.39 Å². The Bertz CT molecular complexity index is 527. The van der Waals surface area contributed by atoms with Gasteiger partial charge in [0, 0.05) is 12.2 Å². The molecule has 1 unspecified atom stereocenters. The Morgan fingerprint density at radius 3 is 3.11 bits per heavy atom. The maximum absolute atomic E-state index is 13.2. The molecule has 0 aliphatic carbocycles. The van der Waals surface area contributed by atoms with E-state index in [-0.39, 0.29) is 24.1 Å². The predicted molar refractivity (Wildman–Crippen MR) is 67.1 cm³/mol. The predicted octanol–water partition coefficient (Wildman–Crippen LogP) is 0.688. The van der Waals surface area contributed by atoms with Gasteiger partial charge in [0.25, 0.3) is 5.91 Å². The Morgan fingerprint density at radius 1 is 1.58 bits per heavy atom. The highest BCUT2D eigenvalue weighted by molar-refractivity contribution is 5.96. The summed E-state index contributed by atoms with van der Waals surface area (Å²) < 4.78 is 18.3. The number of hydrogen-bond acceptors (Lipinski definition) is 3. The highest BCUT2D eigenvalue weighted by Crippen LogP contribution is 2.12. The Balaban J connectivity index is 2.19. The lowest BCUT2D eigenvalue weighted by atomic mass is 10.1. The molecule has 5 heteroatoms. The van der Waals surface area contributed by atoms with Gasteiger partial charge < -0.3 is 15.2 Å². The van der Waals surface area contributed by atoms with Gasteiger partial charge >= 0.3 is 0 Å². The summed E-state index contributed by atoms with van der Waals surface area (Å²) in [7, 11) is 0. The second-order valence-electron chi connectivity index (χ2n) is 4.18. The molecule has 1 aliphatic rings. The number of hydrogen-bond donors (Lipinski definition) is 2. The summed E-state index contributed by atoms with van der Waals surface area (Å²) in [5.74, 6) is 4.22. The third kappa shape index (κ3) is 3.53. The van der Waals surface area contributed by atoms with Crippen LogP contribution in [0.4, 0.5) is 4.39 Å². The minimum Gasteiger partial charge on any atom is -0.384 e. The zero-order chi connectivity index (χ0) is 13.7. The molecule has 1 heterocycles. The molecule has 1 aromatic rings. The summed E-state index contributed by atoms with van der Waals surface area (Å²) in [4.78, 5) is 12.1. The van der Waals surface area contributed by atoms with Gasteiger partial charge in [0.2, 0.25) is 0 Å². The molecule has 0 aromatic heterocycles. The number of amides is 1. The summed E-state index contributed by atoms with van der Waals surface area (Å²) in [6.07, 6.45) is 0.768. The molecular weight excluding hydrogens is 249 g/mol. The van der Waals surface area contributed by atoms with E-state index in [0.29, 0.717) is 18.8 Å². The molecule has 100 valence electrons. The fourth-order valence-electron chi connectivity index (χ4n) is 1.86. The number of nitrogens with one attached hydrogen (secondary N) is 1. The van der Waals surface area contributed by atoms with Crippen molar-refractivity contribution in [1.29, 1.82) is 0 Å². The number of carbonyl (C=O) groups excluding carboxylic acids is 1. The monoisotopic (exact) mass is 263 g/mol. The van der Waals surface area contributed by atoms with Crippen LogP contribution in [-0.4, -0.2) is 36.9 Å². The minimum absolute atomic E-state index is 0.0174. The number of carbonyl (C=O) groups is 1. The first-order chi connectivity index (χ1) is 9.20. The lowest BCUT2D eigenvalue weighted by Gasteiger charge is -2.11. The SMILES string of the molecule is O=C(NC1CCOC1)c1ccc(F)cc1C#CCO. The van der Waals surface area contributed by atoms with E-state index in [9.17, 15) is 9.18 Å². The van der Waals surface area contributed by atoms with Crippen molar-refractivity contribution in [3.8, 4) is 11.8 Å². The van der Waals surface area contributed by atoms with Gasteiger partial charge in [-0.15, -0.1) is 0 Å². The standard InChI is InChI=1S/C14H14FNO3/c15-11-3-4-13(10(8-11)2-1-6-17)14(18)16-12-5-7-19-9-12/h3-4,8,12,17H,5-7,9H2,(H,16,18). The molecule has 1 aromatic carbocycles. The molecule has 2 rings (SSSR count). The average Bonchev–Trinajstić information content (AvgIpc) is 2.89. The number of halogens is 1. The van der Waals surface area contributed by atoms with Crippen LogP contribution in [0.2, 0.25) is 0 Å². The zero-order valence-corrected chi connectivity index (χ0v) is 10.3. The number of ether oxygens (including phenoxy) is 1. The van der Waals surface area contributed by atoms with E-state index in [2.05, 4.69) is 17.2 Å². The summed E-state index contributed by atoms with van der Waals surface area (Å²) >= 11 is 0. The first-order valence-electron chi connectivity index (χ1n) is 5.98. The summed E-state index contributed by atoms with van der Waals surface area (Å²) in [6, 6.07) is 3.77. The fraction of sp³-hybridized carbons (Fsp3) is 0.357. The second kappa shape index (κ2) is 6.32. The largest absolute Gasteiger partial charge is 0.384 e. The van der Waals surface area contributed by atoms with E-state index < -0.39 is 5.82 Å². The maximum Gasteiger partial charge on any atom is 0.252 e. The van der Waals surface area contributed by atoms with Crippen LogP contribution in [0.25, 0.3) is 0 Å². The Hall–Kier alpha value is -1.90. The molecule has 0 saturated carbocycles. The molecule has 1 amide bonds. The van der Waals surface area contributed by atoms with Gasteiger partial charge in [-0.2, -0.15) is 0 Å². The second-order valence-corrected chi connectivity index (χ2v) is 4.18. The molecule has 0 bridgehead atoms. The topological polar surface area (TPSA) is 58.6 Å². The van der Waals surface area contributed by atoms with Crippen molar-refractivity contribution >= 4 is 5.91 Å². The van der Waals surface area contributed by atoms with Gasteiger partial charge in [-0.3, -0.25) is 4.79 Å². The maximum atomic E-state index is 13.2. The summed E-state index contributed by atoms with van der Waals surface area (Å²) in [6.45, 7) is 0.782. The summed E-state index contributed by atoms with van der Waals surface area (Å²) in [5, 5.41) is 11.5. The first-order valence-corrected chi connectivity index (χ1v) is 5.98. The van der Waals surface area contributed by atoms with E-state index in [1.807, 2.05) is 0 Å². The quantitative estimate of drug-likeness (QED) is 0.772. The molecule has 1 atom stereocenters. The first kappa shape index (κ1) is 13.5. The van der Waals surface area contributed by atoms with Gasteiger partial charge in [0.05, 0.1) is 18.2 Å². The van der Waals surface area contributed by atoms with Crippen LogP contribution in [0, 0.1) is 17.7 Å². The van der Waals surface area contributed by atoms with Crippen molar-refractivity contribution in [2.24, 2.45) is 0 Å². The van der Waals surface area contributed by atoms with Crippen LogP contribution >= 0.6 is 0 Å². The van der Waals surface area contributed by atoms with E-state index in [0.717, 1.165) is 6.42 Å². The van der Waals surface area contributed by atoms with Crippen LogP contribution in [0.5, 0.6) is 0 Å². The van der Waals surface area contributed by atoms with E-state index in [4.69, 9.17) is 9.84 Å². The molecule has 1 fully saturated rings. The summed E-state index contributed by atoms with van der Waals surface area (Å²) in [5.41, 5.74) is 0.569. The number of aliphatic hydroxyl groups excluding tert-OH is 1. The van der Waals surface area contributed by atoms with Gasteiger partial charge in [0.1, 0.15) is 12.4 Å². The molecule has 1 aliphatic heterocycles. The van der Waals surface area contributed by atoms with Crippen molar-refractivity contribution in [2.75, 3.05) is 19.8 Å². The van der Waals surface area contributed by atoms with Crippen molar-refractivity contribution in [2.45, 2.75) is 12.5 Å². The van der Waals surface area contributed by atoms with E-state index in [1.165, 1.54) is 18.2 Å². The average molecular weight is 263 g/mol. The third-order valence-electron chi connectivity index (χ3n) is 2.79. The van der Waals surface area contributed by atoms with E-state index >= 15 is 0 Å². The van der Waals surface area contributed by atoms with Gasteiger partial charge in [0.15, 0.2) is 0 Å². The van der Waals surface area contributed by atoms with Gasteiger partial charge in [-0.1, -0.05) is 11.8 Å². The molecule has 19 heavy (non-hydrogen) atoms. The molecule has 0 radical (unpaired) electrons. The van der Waals surface area contributed by atoms with Crippen LogP contribution in [0.1, 0.15) is 22.3 Å². The molecule has 1 saturated heterocycles. The Kier molecular flexibility index (Phi) is 4.50. The number of rotatable bonds is 2. The molecule has 4 nitrogen and oxygen atoms in total. The van der Waals surface area contributed by atoms with Crippen molar-refractivity contribution in [1.82, 2.24) is 5.32 Å². The molecule has 2 N–H and O–H groups in total. The third-order valence-corrected chi connectivity index (χ3v) is 2.79. The smallest absolute Gasteiger partial charge is 0.252 e. The van der Waals surface area contributed by atoms with Crippen LogP contribution in [-0.2, 0) is 4.74 Å². The van der Waals surface area contributed by atoms with Crippen molar-refractivity contribution in [3.63, 3.8) is 0 Å². The molecular formula is C14H14FNO3. The highest BCUT2D eigenvalue weighted by Gasteiger charge is 2.20. The van der Waals surface area contributed by atoms with Crippen LogP contribution < -0.4 is 5.32 Å². The lowest BCUT2D eigenvalue weighted by molar-refractivity contribution is 0.0929. The van der Waals surface area contributed by atoms with Crippen LogP contribution in [0.3, 0.4) is 0 Å². The number of aliphatic hydroxyl groups is 1. The lowest BCUT2D eigenvalue weighted by Crippen LogP contribution is -2.35. The normalized spacial score (nSPS) is 17.7. The highest BCUT2D eigenvalue weighted by atomic mass is 19.1. The van der Waals surface area contributed by atoms with Crippen molar-refractivity contribution in [3.05, 3.63) is 35.1 Å². The van der Waals surface area contributed by atoms with Crippen LogP contribution in [0.15, 0.2) is 18.2 Å². The fourth-order valence-corrected chi connectivity index (χ4v) is 1.86. The zero-order valence-electron chi connectivity index (χ0n) is 10.3. The van der Waals surface area contributed by atoms with Crippen molar-refractivity contribution < 1.29 is 19.0 Å². The Morgan fingerprint density at radius 2 is 2.42 bits per heavy atom. The van der Waals surface area contributed by atoms with Gasteiger partial charge in [-0.05, 0) is 24.6 Å². The minimum atomic E-state index is -0.469.